The number of anilines is 1. The van der Waals surface area contributed by atoms with Crippen LogP contribution in [0.15, 0.2) is 28.7 Å². The Morgan fingerprint density at radius 3 is 2.92 bits per heavy atom. The van der Waals surface area contributed by atoms with Crippen molar-refractivity contribution in [1.29, 1.82) is 0 Å². The van der Waals surface area contributed by atoms with Crippen LogP contribution in [0.2, 0.25) is 0 Å². The monoisotopic (exact) mass is 347 g/mol. The molecule has 128 valence electrons. The second-order valence-corrected chi connectivity index (χ2v) is 5.81. The van der Waals surface area contributed by atoms with Gasteiger partial charge in [0.1, 0.15) is 5.75 Å². The smallest absolute Gasteiger partial charge is 0.311 e. The van der Waals surface area contributed by atoms with Gasteiger partial charge in [0.2, 0.25) is 5.13 Å². The third-order valence-corrected chi connectivity index (χ3v) is 3.85. The lowest BCUT2D eigenvalue weighted by Gasteiger charge is -2.06. The molecule has 1 aromatic carbocycles. The van der Waals surface area contributed by atoms with Crippen LogP contribution < -0.4 is 10.2 Å². The molecule has 0 radical (unpaired) electrons. The van der Waals surface area contributed by atoms with Crippen molar-refractivity contribution < 1.29 is 14.3 Å². The molecule has 1 heterocycles. The summed E-state index contributed by atoms with van der Waals surface area (Å²) in [4.78, 5) is 15.7. The van der Waals surface area contributed by atoms with Crippen LogP contribution in [0.25, 0.3) is 0 Å². The predicted molar refractivity (Wildman–Crippen MR) is 96.0 cm³/mol. The number of ether oxygens (including phenoxy) is 2. The molecular weight excluding hydrogens is 326 g/mol. The zero-order valence-corrected chi connectivity index (χ0v) is 14.9. The summed E-state index contributed by atoms with van der Waals surface area (Å²) in [6.07, 6.45) is 1.89. The van der Waals surface area contributed by atoms with Gasteiger partial charge < -0.3 is 9.47 Å². The Morgan fingerprint density at radius 1 is 1.38 bits per heavy atom. The summed E-state index contributed by atoms with van der Waals surface area (Å²) in [6, 6.07) is 5.88. The molecule has 24 heavy (non-hydrogen) atoms. The van der Waals surface area contributed by atoms with Crippen molar-refractivity contribution >= 4 is 28.7 Å². The number of aromatic nitrogens is 1. The van der Waals surface area contributed by atoms with Gasteiger partial charge in [-0.05, 0) is 50.1 Å². The molecule has 0 aliphatic heterocycles. The van der Waals surface area contributed by atoms with Crippen molar-refractivity contribution in [3.05, 3.63) is 40.4 Å². The minimum absolute atomic E-state index is 0.174. The molecule has 0 unspecified atom stereocenters. The first-order valence-corrected chi connectivity index (χ1v) is 8.62. The second kappa shape index (κ2) is 9.02. The maximum Gasteiger partial charge on any atom is 0.311 e. The molecule has 1 N–H and O–H groups in total. The number of hydrogen-bond acceptors (Lipinski definition) is 7. The lowest BCUT2D eigenvalue weighted by Crippen LogP contribution is -2.07. The number of carbonyl (C=O) groups excluding carboxylic acids is 1. The summed E-state index contributed by atoms with van der Waals surface area (Å²) >= 11 is 1.39. The van der Waals surface area contributed by atoms with Crippen molar-refractivity contribution in [2.24, 2.45) is 5.10 Å². The van der Waals surface area contributed by atoms with E-state index in [-0.39, 0.29) is 12.4 Å². The highest BCUT2D eigenvalue weighted by atomic mass is 32.1. The van der Waals surface area contributed by atoms with Crippen LogP contribution in [0, 0.1) is 6.92 Å². The molecule has 0 aliphatic carbocycles. The number of nitrogens with zero attached hydrogens (tertiary/aromatic N) is 2. The third kappa shape index (κ3) is 5.34. The summed E-state index contributed by atoms with van der Waals surface area (Å²) in [5, 5.41) is 6.62. The minimum atomic E-state index is -0.275. The summed E-state index contributed by atoms with van der Waals surface area (Å²) in [6.45, 7) is 6.76. The number of nitrogens with one attached hydrogen (secondary N) is 1. The maximum absolute atomic E-state index is 11.4. The van der Waals surface area contributed by atoms with Gasteiger partial charge in [-0.15, -0.1) is 11.3 Å². The van der Waals surface area contributed by atoms with E-state index in [4.69, 9.17) is 9.47 Å². The summed E-state index contributed by atoms with van der Waals surface area (Å²) in [5.41, 5.74) is 5.57. The first-order chi connectivity index (χ1) is 11.6. The van der Waals surface area contributed by atoms with Crippen molar-refractivity contribution in [2.75, 3.05) is 18.6 Å². The van der Waals surface area contributed by atoms with E-state index in [0.29, 0.717) is 24.0 Å². The quantitative estimate of drug-likeness (QED) is 0.450. The first kappa shape index (κ1) is 17.9. The van der Waals surface area contributed by atoms with Crippen molar-refractivity contribution in [2.45, 2.75) is 27.2 Å². The van der Waals surface area contributed by atoms with Gasteiger partial charge in [-0.2, -0.15) is 5.10 Å². The second-order valence-electron chi connectivity index (χ2n) is 4.95. The van der Waals surface area contributed by atoms with Gasteiger partial charge in [-0.3, -0.25) is 10.2 Å². The van der Waals surface area contributed by atoms with Crippen LogP contribution in [0.4, 0.5) is 5.13 Å². The molecule has 0 atom stereocenters. The fourth-order valence-electron chi connectivity index (χ4n) is 2.03. The Kier molecular flexibility index (Phi) is 6.74. The number of benzene rings is 1. The predicted octanol–water partition coefficient (Wildman–Crippen LogP) is 3.40. The fraction of sp³-hybridized carbons (Fsp3) is 0.353. The molecular formula is C17H21N3O3S. The Labute approximate surface area is 145 Å². The zero-order valence-electron chi connectivity index (χ0n) is 14.0. The third-order valence-electron chi connectivity index (χ3n) is 3.06. The molecule has 0 spiro atoms. The first-order valence-electron chi connectivity index (χ1n) is 7.75. The van der Waals surface area contributed by atoms with Crippen molar-refractivity contribution in [1.82, 2.24) is 4.98 Å². The topological polar surface area (TPSA) is 72.8 Å². The van der Waals surface area contributed by atoms with Crippen LogP contribution in [0.3, 0.4) is 0 Å². The lowest BCUT2D eigenvalue weighted by molar-refractivity contribution is -0.142. The van der Waals surface area contributed by atoms with Crippen LogP contribution >= 0.6 is 11.3 Å². The molecule has 0 aliphatic rings. The number of esters is 1. The zero-order chi connectivity index (χ0) is 17.4. The standard InChI is InChI=1S/C17H21N3O3S/c1-4-22-15-7-6-13(8-12(15)3)10-18-20-17-19-14(11-24-17)9-16(21)23-5-2/h6-8,10-11H,4-5,9H2,1-3H3,(H,19,20). The fourth-order valence-corrected chi connectivity index (χ4v) is 2.69. The maximum atomic E-state index is 11.4. The minimum Gasteiger partial charge on any atom is -0.494 e. The van der Waals surface area contributed by atoms with E-state index in [2.05, 4.69) is 15.5 Å². The summed E-state index contributed by atoms with van der Waals surface area (Å²) in [5.74, 6) is 0.605. The van der Waals surface area contributed by atoms with Gasteiger partial charge in [-0.1, -0.05) is 0 Å². The van der Waals surface area contributed by atoms with Gasteiger partial charge in [0, 0.05) is 5.38 Å². The van der Waals surface area contributed by atoms with E-state index >= 15 is 0 Å². The molecule has 0 fully saturated rings. The molecule has 0 saturated carbocycles. The SMILES string of the molecule is CCOC(=O)Cc1csc(NN=Cc2ccc(OCC)c(C)c2)n1. The molecule has 0 amide bonds. The molecule has 1 aromatic heterocycles. The van der Waals surface area contributed by atoms with Crippen LogP contribution in [0.1, 0.15) is 30.7 Å². The molecule has 6 nitrogen and oxygen atoms in total. The van der Waals surface area contributed by atoms with E-state index in [1.165, 1.54) is 11.3 Å². The molecule has 2 rings (SSSR count). The van der Waals surface area contributed by atoms with Crippen molar-refractivity contribution in [3.63, 3.8) is 0 Å². The molecule has 2 aromatic rings. The lowest BCUT2D eigenvalue weighted by atomic mass is 10.1. The number of rotatable bonds is 8. The molecule has 0 saturated heterocycles. The highest BCUT2D eigenvalue weighted by Gasteiger charge is 2.07. The molecule has 0 bridgehead atoms. The Morgan fingerprint density at radius 2 is 2.21 bits per heavy atom. The van der Waals surface area contributed by atoms with E-state index in [1.54, 1.807) is 13.1 Å². The van der Waals surface area contributed by atoms with Gasteiger partial charge >= 0.3 is 5.97 Å². The average Bonchev–Trinajstić information content (AvgIpc) is 2.97. The number of aryl methyl sites for hydroxylation is 1. The highest BCUT2D eigenvalue weighted by molar-refractivity contribution is 7.13. The van der Waals surface area contributed by atoms with E-state index in [9.17, 15) is 4.79 Å². The van der Waals surface area contributed by atoms with Gasteiger partial charge in [0.15, 0.2) is 0 Å². The van der Waals surface area contributed by atoms with Gasteiger partial charge in [-0.25, -0.2) is 4.98 Å². The van der Waals surface area contributed by atoms with Crippen LogP contribution in [-0.4, -0.2) is 30.4 Å². The van der Waals surface area contributed by atoms with Crippen LogP contribution in [0.5, 0.6) is 5.75 Å². The summed E-state index contributed by atoms with van der Waals surface area (Å²) < 4.78 is 10.4. The number of hydrogen-bond donors (Lipinski definition) is 1. The number of hydrazone groups is 1. The number of carbonyl (C=O) groups is 1. The van der Waals surface area contributed by atoms with Gasteiger partial charge in [0.05, 0.1) is 31.5 Å². The van der Waals surface area contributed by atoms with E-state index in [1.807, 2.05) is 37.4 Å². The number of thiazole rings is 1. The van der Waals surface area contributed by atoms with Gasteiger partial charge in [0.25, 0.3) is 0 Å². The Bertz CT molecular complexity index is 713. The van der Waals surface area contributed by atoms with Crippen LogP contribution in [-0.2, 0) is 16.0 Å². The van der Waals surface area contributed by atoms with Crippen molar-refractivity contribution in [3.8, 4) is 5.75 Å². The van der Waals surface area contributed by atoms with E-state index in [0.717, 1.165) is 16.9 Å². The Hall–Kier alpha value is -2.41. The highest BCUT2D eigenvalue weighted by Crippen LogP contribution is 2.19. The normalized spacial score (nSPS) is 10.8. The largest absolute Gasteiger partial charge is 0.494 e. The summed E-state index contributed by atoms with van der Waals surface area (Å²) in [7, 11) is 0. The van der Waals surface area contributed by atoms with E-state index < -0.39 is 0 Å². The molecule has 7 heteroatoms. The average molecular weight is 347 g/mol. The Balaban J connectivity index is 1.91.